The first-order chi connectivity index (χ1) is 20.3. The van der Waals surface area contributed by atoms with Gasteiger partial charge in [0.05, 0.1) is 5.69 Å². The van der Waals surface area contributed by atoms with Gasteiger partial charge in [-0.1, -0.05) is 79.6 Å². The Kier molecular flexibility index (Phi) is 15.0. The molecular weight excluding hydrogens is 526 g/mol. The minimum Gasteiger partial charge on any atom is -0.493 e. The molecule has 0 saturated carbocycles. The molecule has 0 aliphatic carbocycles. The highest BCUT2D eigenvalue weighted by Gasteiger charge is 2.23. The molecule has 230 valence electrons. The van der Waals surface area contributed by atoms with Crippen molar-refractivity contribution in [2.45, 2.75) is 112 Å². The summed E-state index contributed by atoms with van der Waals surface area (Å²) in [7, 11) is 0. The molecule has 0 aliphatic rings. The van der Waals surface area contributed by atoms with Gasteiger partial charge in [-0.25, -0.2) is 0 Å². The Hall–Kier alpha value is -3.47. The quantitative estimate of drug-likeness (QED) is 0.178. The maximum atomic E-state index is 13.8. The third-order valence-electron chi connectivity index (χ3n) is 8.21. The second-order valence-electron chi connectivity index (χ2n) is 11.4. The molecule has 0 fully saturated rings. The summed E-state index contributed by atoms with van der Waals surface area (Å²) in [5.41, 5.74) is 0.943. The number of aromatic hydroxyl groups is 1. The summed E-state index contributed by atoms with van der Waals surface area (Å²) in [5, 5.41) is 28.9. The van der Waals surface area contributed by atoms with Crippen molar-refractivity contribution in [3.05, 3.63) is 51.3 Å². The van der Waals surface area contributed by atoms with E-state index >= 15 is 0 Å². The van der Waals surface area contributed by atoms with Gasteiger partial charge in [0.2, 0.25) is 5.88 Å². The summed E-state index contributed by atoms with van der Waals surface area (Å²) < 4.78 is 1.19. The molecule has 1 aromatic carbocycles. The molecular formula is C34H51N5O3. The second kappa shape index (κ2) is 18.1. The van der Waals surface area contributed by atoms with Gasteiger partial charge in [-0.3, -0.25) is 14.2 Å². The number of benzene rings is 1. The van der Waals surface area contributed by atoms with E-state index < -0.39 is 5.56 Å². The average molecular weight is 578 g/mol. The standard InChI is InChI=1S/C34H51N5O3/c1-7-12-15-26(10-4)23-38(24-27(11-5)16-13-8-2)32(40)28-17-19-29(20-18-28)36-37-31-25(6)30(22-35)33(41)39(34(31)42)21-14-9-3/h17-20,26-27,42H,7-16,21,23-24H2,1-6H3/b37-36+. The van der Waals surface area contributed by atoms with Gasteiger partial charge in [0.25, 0.3) is 11.5 Å². The fourth-order valence-electron chi connectivity index (χ4n) is 5.24. The Bertz CT molecular complexity index is 1240. The van der Waals surface area contributed by atoms with E-state index in [0.29, 0.717) is 41.6 Å². The number of nitriles is 1. The fourth-order valence-corrected chi connectivity index (χ4v) is 5.24. The molecule has 2 atom stereocenters. The molecule has 1 amide bonds. The van der Waals surface area contributed by atoms with Gasteiger partial charge in [-0.15, -0.1) is 5.11 Å². The number of carbonyl (C=O) groups is 1. The molecule has 8 nitrogen and oxygen atoms in total. The average Bonchev–Trinajstić information content (AvgIpc) is 3.00. The highest BCUT2D eigenvalue weighted by molar-refractivity contribution is 5.94. The number of nitrogens with zero attached hydrogens (tertiary/aromatic N) is 5. The molecule has 0 saturated heterocycles. The number of unbranched alkanes of at least 4 members (excludes halogenated alkanes) is 3. The van der Waals surface area contributed by atoms with Crippen molar-refractivity contribution in [3.8, 4) is 11.9 Å². The monoisotopic (exact) mass is 577 g/mol. The third kappa shape index (κ3) is 9.54. The van der Waals surface area contributed by atoms with Gasteiger partial charge in [0.15, 0.2) is 5.69 Å². The van der Waals surface area contributed by atoms with Crippen LogP contribution in [-0.4, -0.2) is 33.6 Å². The first-order valence-electron chi connectivity index (χ1n) is 15.9. The lowest BCUT2D eigenvalue weighted by Crippen LogP contribution is -2.39. The maximum absolute atomic E-state index is 13.8. The van der Waals surface area contributed by atoms with Gasteiger partial charge in [-0.2, -0.15) is 10.4 Å². The van der Waals surface area contributed by atoms with Crippen molar-refractivity contribution >= 4 is 17.3 Å². The van der Waals surface area contributed by atoms with E-state index in [9.17, 15) is 20.0 Å². The van der Waals surface area contributed by atoms with Crippen molar-refractivity contribution in [2.24, 2.45) is 22.1 Å². The molecule has 0 radical (unpaired) electrons. The summed E-state index contributed by atoms with van der Waals surface area (Å²) in [6.07, 6.45) is 10.5. The Labute approximate surface area is 252 Å². The molecule has 1 heterocycles. The van der Waals surface area contributed by atoms with E-state index in [0.717, 1.165) is 58.0 Å². The van der Waals surface area contributed by atoms with E-state index in [4.69, 9.17) is 0 Å². The Morgan fingerprint density at radius 1 is 0.929 bits per heavy atom. The zero-order valence-corrected chi connectivity index (χ0v) is 26.7. The summed E-state index contributed by atoms with van der Waals surface area (Å²) in [5.74, 6) is 0.720. The number of aromatic nitrogens is 1. The molecule has 8 heteroatoms. The Morgan fingerprint density at radius 2 is 1.48 bits per heavy atom. The van der Waals surface area contributed by atoms with Crippen molar-refractivity contribution < 1.29 is 9.90 Å². The van der Waals surface area contributed by atoms with Crippen molar-refractivity contribution in [1.29, 1.82) is 5.26 Å². The van der Waals surface area contributed by atoms with Crippen LogP contribution in [0.5, 0.6) is 5.88 Å². The van der Waals surface area contributed by atoms with Gasteiger partial charge in [0.1, 0.15) is 11.6 Å². The molecule has 2 aromatic rings. The summed E-state index contributed by atoms with van der Waals surface area (Å²) in [4.78, 5) is 28.5. The lowest BCUT2D eigenvalue weighted by atomic mass is 9.95. The number of azo groups is 1. The number of rotatable bonds is 18. The fraction of sp³-hybridized carbons (Fsp3) is 0.618. The van der Waals surface area contributed by atoms with E-state index in [1.807, 2.05) is 13.0 Å². The van der Waals surface area contributed by atoms with Crippen LogP contribution in [0.15, 0.2) is 39.3 Å². The van der Waals surface area contributed by atoms with Gasteiger partial charge in [-0.05, 0) is 62.3 Å². The van der Waals surface area contributed by atoms with Crippen LogP contribution in [-0.2, 0) is 6.54 Å². The summed E-state index contributed by atoms with van der Waals surface area (Å²) in [6, 6.07) is 8.98. The normalized spacial score (nSPS) is 12.8. The van der Waals surface area contributed by atoms with E-state index in [-0.39, 0.29) is 23.0 Å². The molecule has 2 rings (SSSR count). The molecule has 1 aromatic heterocycles. The largest absolute Gasteiger partial charge is 0.493 e. The highest BCUT2D eigenvalue weighted by Crippen LogP contribution is 2.32. The van der Waals surface area contributed by atoms with Crippen molar-refractivity contribution in [2.75, 3.05) is 13.1 Å². The Balaban J connectivity index is 2.34. The molecule has 0 aliphatic heterocycles. The molecule has 42 heavy (non-hydrogen) atoms. The minimum atomic E-state index is -0.521. The van der Waals surface area contributed by atoms with Gasteiger partial charge >= 0.3 is 0 Å². The molecule has 0 spiro atoms. The van der Waals surface area contributed by atoms with Crippen LogP contribution in [0.4, 0.5) is 11.4 Å². The maximum Gasteiger partial charge on any atom is 0.271 e. The predicted octanol–water partition coefficient (Wildman–Crippen LogP) is 8.82. The first-order valence-corrected chi connectivity index (χ1v) is 15.9. The number of carbonyl (C=O) groups excluding carboxylic acids is 1. The number of amides is 1. The zero-order chi connectivity index (χ0) is 31.1. The predicted molar refractivity (Wildman–Crippen MR) is 170 cm³/mol. The topological polar surface area (TPSA) is 111 Å². The van der Waals surface area contributed by atoms with Crippen molar-refractivity contribution in [3.63, 3.8) is 0 Å². The molecule has 0 bridgehead atoms. The number of pyridine rings is 1. The van der Waals surface area contributed by atoms with Crippen LogP contribution < -0.4 is 5.56 Å². The van der Waals surface area contributed by atoms with Crippen LogP contribution in [0.2, 0.25) is 0 Å². The smallest absolute Gasteiger partial charge is 0.271 e. The van der Waals surface area contributed by atoms with Crippen LogP contribution in [0, 0.1) is 30.1 Å². The molecule has 2 unspecified atom stereocenters. The lowest BCUT2D eigenvalue weighted by molar-refractivity contribution is 0.0685. The highest BCUT2D eigenvalue weighted by atomic mass is 16.3. The lowest BCUT2D eigenvalue weighted by Gasteiger charge is -2.31. The van der Waals surface area contributed by atoms with Crippen LogP contribution in [0.25, 0.3) is 0 Å². The van der Waals surface area contributed by atoms with E-state index in [1.165, 1.54) is 17.4 Å². The summed E-state index contributed by atoms with van der Waals surface area (Å²) >= 11 is 0. The van der Waals surface area contributed by atoms with Crippen LogP contribution in [0.1, 0.15) is 120 Å². The van der Waals surface area contributed by atoms with Crippen LogP contribution in [0.3, 0.4) is 0 Å². The van der Waals surface area contributed by atoms with E-state index in [1.54, 1.807) is 31.2 Å². The minimum absolute atomic E-state index is 0.0403. The van der Waals surface area contributed by atoms with Gasteiger partial charge < -0.3 is 10.0 Å². The van der Waals surface area contributed by atoms with Crippen LogP contribution >= 0.6 is 0 Å². The zero-order valence-electron chi connectivity index (χ0n) is 26.7. The third-order valence-corrected chi connectivity index (χ3v) is 8.21. The van der Waals surface area contributed by atoms with E-state index in [2.05, 4.69) is 42.8 Å². The second-order valence-corrected chi connectivity index (χ2v) is 11.4. The number of hydrogen-bond donors (Lipinski definition) is 1. The number of hydrogen-bond acceptors (Lipinski definition) is 6. The first kappa shape index (κ1) is 34.7. The van der Waals surface area contributed by atoms with Gasteiger partial charge in [0, 0.05) is 30.8 Å². The SMILES string of the molecule is CCCCC(CC)CN(CC(CC)CCCC)C(=O)c1ccc(/N=N/c2c(C)c(C#N)c(=O)n(CCCC)c2O)cc1. The Morgan fingerprint density at radius 3 is 1.95 bits per heavy atom. The summed E-state index contributed by atoms with van der Waals surface area (Å²) in [6.45, 7) is 14.3. The van der Waals surface area contributed by atoms with Crippen molar-refractivity contribution in [1.82, 2.24) is 9.47 Å². The molecule has 1 N–H and O–H groups in total.